The Bertz CT molecular complexity index is 949. The van der Waals surface area contributed by atoms with Gasteiger partial charge < -0.3 is 15.3 Å². The van der Waals surface area contributed by atoms with Gasteiger partial charge in [-0.2, -0.15) is 0 Å². The third kappa shape index (κ3) is 4.04. The van der Waals surface area contributed by atoms with Crippen molar-refractivity contribution in [2.45, 2.75) is 0 Å². The van der Waals surface area contributed by atoms with E-state index in [1.54, 1.807) is 6.07 Å². The molecule has 3 aromatic rings. The van der Waals surface area contributed by atoms with E-state index < -0.39 is 0 Å². The number of piperazine rings is 1. The molecule has 0 saturated carbocycles. The Kier molecular flexibility index (Phi) is 4.94. The molecule has 5 heteroatoms. The van der Waals surface area contributed by atoms with Gasteiger partial charge in [-0.15, -0.1) is 0 Å². The predicted octanol–water partition coefficient (Wildman–Crippen LogP) is 3.31. The summed E-state index contributed by atoms with van der Waals surface area (Å²) in [6, 6.07) is 21.5. The lowest BCUT2D eigenvalue weighted by Crippen LogP contribution is -2.48. The lowest BCUT2D eigenvalue weighted by atomic mass is 10.1. The first-order chi connectivity index (χ1) is 13.2. The number of carbonyl (C=O) groups excluding carboxylic acids is 1. The van der Waals surface area contributed by atoms with Crippen LogP contribution in [-0.2, 0) is 4.79 Å². The fourth-order valence-corrected chi connectivity index (χ4v) is 3.55. The van der Waals surface area contributed by atoms with Gasteiger partial charge in [0.2, 0.25) is 5.91 Å². The van der Waals surface area contributed by atoms with Crippen molar-refractivity contribution in [2.75, 3.05) is 42.9 Å². The summed E-state index contributed by atoms with van der Waals surface area (Å²) in [7, 11) is 0. The van der Waals surface area contributed by atoms with Gasteiger partial charge in [-0.25, -0.2) is 0 Å². The lowest BCUT2D eigenvalue weighted by Gasteiger charge is -2.35. The maximum absolute atomic E-state index is 12.4. The van der Waals surface area contributed by atoms with Crippen molar-refractivity contribution in [3.8, 4) is 5.75 Å². The summed E-state index contributed by atoms with van der Waals surface area (Å²) in [5.74, 6) is 0.307. The molecular formula is C22H23N3O2. The van der Waals surface area contributed by atoms with Crippen LogP contribution in [0.5, 0.6) is 5.75 Å². The smallest absolute Gasteiger partial charge is 0.238 e. The van der Waals surface area contributed by atoms with E-state index in [1.165, 1.54) is 0 Å². The van der Waals surface area contributed by atoms with E-state index in [2.05, 4.69) is 21.2 Å². The van der Waals surface area contributed by atoms with Gasteiger partial charge in [0.05, 0.1) is 12.2 Å². The minimum Gasteiger partial charge on any atom is -0.506 e. The quantitative estimate of drug-likeness (QED) is 0.749. The van der Waals surface area contributed by atoms with E-state index in [0.717, 1.165) is 48.3 Å². The summed E-state index contributed by atoms with van der Waals surface area (Å²) in [6.45, 7) is 3.54. The molecule has 0 spiro atoms. The molecule has 0 radical (unpaired) electrons. The van der Waals surface area contributed by atoms with Crippen LogP contribution in [0.4, 0.5) is 11.4 Å². The Morgan fingerprint density at radius 3 is 2.37 bits per heavy atom. The second kappa shape index (κ2) is 7.68. The van der Waals surface area contributed by atoms with Crippen LogP contribution < -0.4 is 10.2 Å². The maximum Gasteiger partial charge on any atom is 0.238 e. The first-order valence-electron chi connectivity index (χ1n) is 9.23. The highest BCUT2D eigenvalue weighted by molar-refractivity contribution is 5.95. The number of phenolic OH excluding ortho intramolecular Hbond substituents is 1. The van der Waals surface area contributed by atoms with Gasteiger partial charge >= 0.3 is 0 Å². The molecule has 1 fully saturated rings. The molecule has 1 saturated heterocycles. The van der Waals surface area contributed by atoms with Crippen LogP contribution in [0.2, 0.25) is 0 Å². The van der Waals surface area contributed by atoms with Crippen molar-refractivity contribution >= 4 is 28.1 Å². The standard InChI is InChI=1S/C22H23N3O2/c26-21-8-4-3-7-20(21)25-13-11-24(12-14-25)16-22(27)23-19-10-9-17-5-1-2-6-18(17)15-19/h1-10,15,26H,11-14,16H2,(H,23,27). The van der Waals surface area contributed by atoms with Gasteiger partial charge in [0.15, 0.2) is 0 Å². The summed E-state index contributed by atoms with van der Waals surface area (Å²) < 4.78 is 0. The highest BCUT2D eigenvalue weighted by Crippen LogP contribution is 2.27. The minimum absolute atomic E-state index is 0.00119. The number of benzene rings is 3. The number of carbonyl (C=O) groups is 1. The average molecular weight is 361 g/mol. The fraction of sp³-hybridized carbons (Fsp3) is 0.227. The number of para-hydroxylation sites is 2. The summed E-state index contributed by atoms with van der Waals surface area (Å²) >= 11 is 0. The molecule has 138 valence electrons. The van der Waals surface area contributed by atoms with Crippen molar-refractivity contribution in [2.24, 2.45) is 0 Å². The first-order valence-corrected chi connectivity index (χ1v) is 9.23. The monoisotopic (exact) mass is 361 g/mol. The number of nitrogens with one attached hydrogen (secondary N) is 1. The number of hydrogen-bond donors (Lipinski definition) is 2. The number of nitrogens with zero attached hydrogens (tertiary/aromatic N) is 2. The Labute approximate surface area is 158 Å². The van der Waals surface area contributed by atoms with E-state index in [9.17, 15) is 9.90 Å². The summed E-state index contributed by atoms with van der Waals surface area (Å²) in [5, 5.41) is 15.3. The topological polar surface area (TPSA) is 55.8 Å². The van der Waals surface area contributed by atoms with E-state index in [0.29, 0.717) is 12.3 Å². The van der Waals surface area contributed by atoms with Gasteiger partial charge in [-0.05, 0) is 35.0 Å². The van der Waals surface area contributed by atoms with Crippen LogP contribution in [-0.4, -0.2) is 48.6 Å². The van der Waals surface area contributed by atoms with Crippen LogP contribution in [0, 0.1) is 0 Å². The average Bonchev–Trinajstić information content (AvgIpc) is 2.69. The molecule has 1 aliphatic rings. The summed E-state index contributed by atoms with van der Waals surface area (Å²) in [6.07, 6.45) is 0. The fourth-order valence-electron chi connectivity index (χ4n) is 3.55. The highest BCUT2D eigenvalue weighted by Gasteiger charge is 2.20. The maximum atomic E-state index is 12.4. The predicted molar refractivity (Wildman–Crippen MR) is 109 cm³/mol. The molecule has 4 rings (SSSR count). The number of hydrogen-bond acceptors (Lipinski definition) is 4. The zero-order valence-electron chi connectivity index (χ0n) is 15.1. The zero-order valence-corrected chi connectivity index (χ0v) is 15.1. The molecule has 2 N–H and O–H groups in total. The van der Waals surface area contributed by atoms with Crippen molar-refractivity contribution in [1.29, 1.82) is 0 Å². The Morgan fingerprint density at radius 2 is 1.59 bits per heavy atom. The molecule has 0 atom stereocenters. The molecule has 1 heterocycles. The number of rotatable bonds is 4. The van der Waals surface area contributed by atoms with Gasteiger partial charge in [0, 0.05) is 31.9 Å². The van der Waals surface area contributed by atoms with E-state index in [1.807, 2.05) is 54.6 Å². The van der Waals surface area contributed by atoms with E-state index in [4.69, 9.17) is 0 Å². The summed E-state index contributed by atoms with van der Waals surface area (Å²) in [4.78, 5) is 16.7. The molecular weight excluding hydrogens is 338 g/mol. The van der Waals surface area contributed by atoms with Crippen LogP contribution in [0.15, 0.2) is 66.7 Å². The first kappa shape index (κ1) is 17.4. The number of phenols is 1. The van der Waals surface area contributed by atoms with Gasteiger partial charge in [0.1, 0.15) is 5.75 Å². The molecule has 0 aromatic heterocycles. The molecule has 0 unspecified atom stereocenters. The number of aromatic hydroxyl groups is 1. The number of amides is 1. The number of anilines is 2. The molecule has 1 aliphatic heterocycles. The van der Waals surface area contributed by atoms with E-state index in [-0.39, 0.29) is 5.91 Å². The Balaban J connectivity index is 1.32. The Hall–Kier alpha value is -3.05. The molecule has 27 heavy (non-hydrogen) atoms. The van der Waals surface area contributed by atoms with Crippen LogP contribution >= 0.6 is 0 Å². The van der Waals surface area contributed by atoms with Crippen molar-refractivity contribution in [3.05, 3.63) is 66.7 Å². The van der Waals surface area contributed by atoms with Crippen molar-refractivity contribution < 1.29 is 9.90 Å². The highest BCUT2D eigenvalue weighted by atomic mass is 16.3. The van der Waals surface area contributed by atoms with Crippen LogP contribution in [0.3, 0.4) is 0 Å². The van der Waals surface area contributed by atoms with Gasteiger partial charge in [-0.1, -0.05) is 42.5 Å². The lowest BCUT2D eigenvalue weighted by molar-refractivity contribution is -0.117. The SMILES string of the molecule is O=C(CN1CCN(c2ccccc2O)CC1)Nc1ccc2ccccc2c1. The second-order valence-electron chi connectivity index (χ2n) is 6.86. The van der Waals surface area contributed by atoms with Gasteiger partial charge in [0.25, 0.3) is 0 Å². The molecule has 5 nitrogen and oxygen atoms in total. The third-order valence-electron chi connectivity index (χ3n) is 5.00. The molecule has 3 aromatic carbocycles. The van der Waals surface area contributed by atoms with E-state index >= 15 is 0 Å². The molecule has 1 amide bonds. The van der Waals surface area contributed by atoms with Gasteiger partial charge in [-0.3, -0.25) is 9.69 Å². The van der Waals surface area contributed by atoms with Crippen molar-refractivity contribution in [1.82, 2.24) is 4.90 Å². The normalized spacial score (nSPS) is 15.0. The van der Waals surface area contributed by atoms with Crippen LogP contribution in [0.25, 0.3) is 10.8 Å². The third-order valence-corrected chi connectivity index (χ3v) is 5.00. The second-order valence-corrected chi connectivity index (χ2v) is 6.86. The number of fused-ring (bicyclic) bond motifs is 1. The largest absolute Gasteiger partial charge is 0.506 e. The zero-order chi connectivity index (χ0) is 18.6. The Morgan fingerprint density at radius 1 is 0.889 bits per heavy atom. The van der Waals surface area contributed by atoms with Crippen LogP contribution in [0.1, 0.15) is 0 Å². The van der Waals surface area contributed by atoms with Crippen molar-refractivity contribution in [3.63, 3.8) is 0 Å². The molecule has 0 bridgehead atoms. The minimum atomic E-state index is 0.00119. The summed E-state index contributed by atoms with van der Waals surface area (Å²) in [5.41, 5.74) is 1.68. The molecule has 0 aliphatic carbocycles.